The van der Waals surface area contributed by atoms with Gasteiger partial charge in [-0.15, -0.1) is 0 Å². The van der Waals surface area contributed by atoms with Crippen molar-refractivity contribution in [1.82, 2.24) is 0 Å². The lowest BCUT2D eigenvalue weighted by Gasteiger charge is -2.24. The summed E-state index contributed by atoms with van der Waals surface area (Å²) >= 11 is 0. The maximum atomic E-state index is 5.64. The summed E-state index contributed by atoms with van der Waals surface area (Å²) < 4.78 is 5.64. The third-order valence-electron chi connectivity index (χ3n) is 2.45. The van der Waals surface area contributed by atoms with E-state index in [9.17, 15) is 0 Å². The number of hydrogen-bond acceptors (Lipinski definition) is 1. The Hall–Kier alpha value is -0.980. The molecule has 1 unspecified atom stereocenters. The molecule has 0 radical (unpaired) electrons. The van der Waals surface area contributed by atoms with Gasteiger partial charge in [-0.3, -0.25) is 0 Å². The van der Waals surface area contributed by atoms with E-state index in [1.54, 1.807) is 6.08 Å². The van der Waals surface area contributed by atoms with Crippen LogP contribution in [0.5, 0.6) is 0 Å². The number of hydrogen-bond donors (Lipinski definition) is 0. The highest BCUT2D eigenvalue weighted by Gasteiger charge is 2.16. The molecule has 1 rings (SSSR count). The zero-order chi connectivity index (χ0) is 9.68. The second-order valence-corrected chi connectivity index (χ2v) is 3.53. The Morgan fingerprint density at radius 3 is 2.92 bits per heavy atom. The van der Waals surface area contributed by atoms with Gasteiger partial charge in [0.2, 0.25) is 0 Å². The monoisotopic (exact) mass is 178 g/mol. The smallest absolute Gasteiger partial charge is 0.118 e. The number of rotatable bonds is 3. The van der Waals surface area contributed by atoms with Gasteiger partial charge in [-0.2, -0.15) is 0 Å². The van der Waals surface area contributed by atoms with Crippen molar-refractivity contribution < 1.29 is 4.74 Å². The molecule has 0 N–H and O–H groups in total. The van der Waals surface area contributed by atoms with Crippen molar-refractivity contribution in [3.8, 4) is 0 Å². The third kappa shape index (κ3) is 2.76. The van der Waals surface area contributed by atoms with Crippen molar-refractivity contribution in [2.24, 2.45) is 5.92 Å². The molecule has 0 saturated carbocycles. The molecule has 13 heavy (non-hydrogen) atoms. The fraction of sp³-hybridized carbons (Fsp3) is 0.500. The molecule has 0 aromatic carbocycles. The van der Waals surface area contributed by atoms with Crippen molar-refractivity contribution in [3.05, 3.63) is 36.1 Å². The minimum Gasteiger partial charge on any atom is -0.493 e. The lowest BCUT2D eigenvalue weighted by atomic mass is 9.95. The van der Waals surface area contributed by atoms with Crippen LogP contribution in [0.1, 0.15) is 26.7 Å². The van der Waals surface area contributed by atoms with Crippen LogP contribution in [0.3, 0.4) is 0 Å². The molecule has 0 amide bonds. The summed E-state index contributed by atoms with van der Waals surface area (Å²) in [5.74, 6) is 1.74. The molecule has 1 aliphatic rings. The first-order chi connectivity index (χ1) is 6.27. The van der Waals surface area contributed by atoms with Gasteiger partial charge in [0.15, 0.2) is 0 Å². The quantitative estimate of drug-likeness (QED) is 0.601. The van der Waals surface area contributed by atoms with Gasteiger partial charge in [0, 0.05) is 0 Å². The van der Waals surface area contributed by atoms with Gasteiger partial charge in [-0.25, -0.2) is 0 Å². The van der Waals surface area contributed by atoms with Crippen molar-refractivity contribution in [2.45, 2.75) is 26.7 Å². The first-order valence-corrected chi connectivity index (χ1v) is 4.89. The minimum absolute atomic E-state index is 0.709. The van der Waals surface area contributed by atoms with Crippen molar-refractivity contribution >= 4 is 0 Å². The Kier molecular flexibility index (Phi) is 3.81. The predicted octanol–water partition coefficient (Wildman–Crippen LogP) is 3.45. The fourth-order valence-electron chi connectivity index (χ4n) is 1.53. The molecule has 1 aliphatic heterocycles. The van der Waals surface area contributed by atoms with E-state index in [4.69, 9.17) is 4.74 Å². The highest BCUT2D eigenvalue weighted by Crippen LogP contribution is 2.25. The van der Waals surface area contributed by atoms with E-state index in [0.29, 0.717) is 5.92 Å². The van der Waals surface area contributed by atoms with Crippen LogP contribution in [-0.2, 0) is 4.74 Å². The fourth-order valence-corrected chi connectivity index (χ4v) is 1.53. The predicted molar refractivity (Wildman–Crippen MR) is 56.4 cm³/mol. The van der Waals surface area contributed by atoms with E-state index in [2.05, 4.69) is 20.4 Å². The summed E-state index contributed by atoms with van der Waals surface area (Å²) in [5.41, 5.74) is 1.36. The molecular formula is C12H18O. The summed E-state index contributed by atoms with van der Waals surface area (Å²) in [5, 5.41) is 0. The summed E-state index contributed by atoms with van der Waals surface area (Å²) in [6.07, 6.45) is 8.07. The molecular weight excluding hydrogens is 160 g/mol. The van der Waals surface area contributed by atoms with Gasteiger partial charge in [0.25, 0.3) is 0 Å². The standard InChI is InChI=1S/C12H18O/c1-4-6-7-12-10(3)8-11(5-2)9-13-12/h4,6-7,11H,1,5,8-9H2,2-3H3/b7-6-. The van der Waals surface area contributed by atoms with E-state index >= 15 is 0 Å². The van der Waals surface area contributed by atoms with Crippen LogP contribution in [-0.4, -0.2) is 6.61 Å². The SMILES string of the molecule is C=C/C=C\C1=C(C)CC(CC)CO1. The molecule has 0 bridgehead atoms. The van der Waals surface area contributed by atoms with Crippen LogP contribution in [0, 0.1) is 5.92 Å². The van der Waals surface area contributed by atoms with Crippen LogP contribution in [0.25, 0.3) is 0 Å². The van der Waals surface area contributed by atoms with Gasteiger partial charge < -0.3 is 4.74 Å². The highest BCUT2D eigenvalue weighted by atomic mass is 16.5. The maximum absolute atomic E-state index is 5.64. The maximum Gasteiger partial charge on any atom is 0.118 e. The molecule has 0 aromatic heterocycles. The van der Waals surface area contributed by atoms with Gasteiger partial charge in [-0.05, 0) is 37.3 Å². The van der Waals surface area contributed by atoms with E-state index < -0.39 is 0 Å². The lowest BCUT2D eigenvalue weighted by Crippen LogP contribution is -2.15. The Bertz CT molecular complexity index is 236. The van der Waals surface area contributed by atoms with Crippen LogP contribution in [0.2, 0.25) is 0 Å². The van der Waals surface area contributed by atoms with Crippen molar-refractivity contribution in [3.63, 3.8) is 0 Å². The van der Waals surface area contributed by atoms with Gasteiger partial charge in [0.1, 0.15) is 5.76 Å². The van der Waals surface area contributed by atoms with E-state index in [1.165, 1.54) is 18.4 Å². The van der Waals surface area contributed by atoms with E-state index in [-0.39, 0.29) is 0 Å². The first kappa shape index (κ1) is 10.1. The molecule has 1 nitrogen and oxygen atoms in total. The summed E-state index contributed by atoms with van der Waals surface area (Å²) in [4.78, 5) is 0. The Morgan fingerprint density at radius 1 is 1.62 bits per heavy atom. The van der Waals surface area contributed by atoms with Crippen LogP contribution in [0.4, 0.5) is 0 Å². The van der Waals surface area contributed by atoms with Crippen LogP contribution >= 0.6 is 0 Å². The average molecular weight is 178 g/mol. The molecule has 0 saturated heterocycles. The Morgan fingerprint density at radius 2 is 2.38 bits per heavy atom. The summed E-state index contributed by atoms with van der Waals surface area (Å²) in [6.45, 7) is 8.86. The largest absolute Gasteiger partial charge is 0.493 e. The van der Waals surface area contributed by atoms with Crippen LogP contribution in [0.15, 0.2) is 36.1 Å². The first-order valence-electron chi connectivity index (χ1n) is 4.89. The molecule has 0 fully saturated rings. The summed E-state index contributed by atoms with van der Waals surface area (Å²) in [7, 11) is 0. The minimum atomic E-state index is 0.709. The van der Waals surface area contributed by atoms with Crippen molar-refractivity contribution in [1.29, 1.82) is 0 Å². The highest BCUT2D eigenvalue weighted by molar-refractivity contribution is 5.23. The lowest BCUT2D eigenvalue weighted by molar-refractivity contribution is 0.147. The van der Waals surface area contributed by atoms with Gasteiger partial charge in [-0.1, -0.05) is 25.7 Å². The Balaban J connectivity index is 2.64. The van der Waals surface area contributed by atoms with Gasteiger partial charge >= 0.3 is 0 Å². The molecule has 1 heterocycles. The molecule has 1 atom stereocenters. The molecule has 0 spiro atoms. The Labute approximate surface area is 80.8 Å². The zero-order valence-corrected chi connectivity index (χ0v) is 8.55. The third-order valence-corrected chi connectivity index (χ3v) is 2.45. The average Bonchev–Trinajstić information content (AvgIpc) is 2.16. The van der Waals surface area contributed by atoms with Crippen LogP contribution < -0.4 is 0 Å². The number of ether oxygens (including phenoxy) is 1. The van der Waals surface area contributed by atoms with E-state index in [0.717, 1.165) is 12.4 Å². The normalized spacial score (nSPS) is 23.4. The second kappa shape index (κ2) is 4.90. The molecule has 0 aliphatic carbocycles. The molecule has 0 aromatic rings. The molecule has 1 heteroatoms. The van der Waals surface area contributed by atoms with E-state index in [1.807, 2.05) is 12.2 Å². The topological polar surface area (TPSA) is 9.23 Å². The van der Waals surface area contributed by atoms with Gasteiger partial charge in [0.05, 0.1) is 6.61 Å². The van der Waals surface area contributed by atoms with Crippen molar-refractivity contribution in [2.75, 3.05) is 6.61 Å². The number of allylic oxidation sites excluding steroid dienone is 4. The zero-order valence-electron chi connectivity index (χ0n) is 8.55. The second-order valence-electron chi connectivity index (χ2n) is 3.53. The summed E-state index contributed by atoms with van der Waals surface area (Å²) in [6, 6.07) is 0. The molecule has 72 valence electrons.